The minimum atomic E-state index is -0.831. The van der Waals surface area contributed by atoms with E-state index >= 15 is 0 Å². The quantitative estimate of drug-likeness (QED) is 0.654. The second-order valence-corrected chi connectivity index (χ2v) is 2.96. The number of carboxylic acids is 1. The van der Waals surface area contributed by atoms with E-state index in [0.29, 0.717) is 5.57 Å². The van der Waals surface area contributed by atoms with Crippen molar-refractivity contribution in [1.82, 2.24) is 0 Å². The van der Waals surface area contributed by atoms with Gasteiger partial charge in [-0.15, -0.1) is 0 Å². The summed E-state index contributed by atoms with van der Waals surface area (Å²) in [6.45, 7) is 4.37. The normalized spacial score (nSPS) is 24.3. The van der Waals surface area contributed by atoms with Crippen LogP contribution in [0.3, 0.4) is 0 Å². The highest BCUT2D eigenvalue weighted by Gasteiger charge is 2.24. The molecule has 0 aliphatic carbocycles. The molecule has 0 amide bonds. The molecule has 0 radical (unpaired) electrons. The molecule has 68 valence electrons. The molecule has 1 saturated heterocycles. The Labute approximate surface area is 72.0 Å². The number of rotatable bonds is 3. The van der Waals surface area contributed by atoms with Gasteiger partial charge in [0.2, 0.25) is 0 Å². The lowest BCUT2D eigenvalue weighted by Gasteiger charge is -2.29. The van der Waals surface area contributed by atoms with Crippen LogP contribution < -0.4 is 0 Å². The maximum atomic E-state index is 10.6. The zero-order valence-corrected chi connectivity index (χ0v) is 7.46. The van der Waals surface area contributed by atoms with Crippen LogP contribution in [0.25, 0.3) is 0 Å². The molecule has 1 atom stereocenters. The highest BCUT2D eigenvalue weighted by molar-refractivity contribution is 5.87. The van der Waals surface area contributed by atoms with Crippen LogP contribution in [0.5, 0.6) is 0 Å². The van der Waals surface area contributed by atoms with Gasteiger partial charge < -0.3 is 9.84 Å². The van der Waals surface area contributed by atoms with Crippen LogP contribution in [0.15, 0.2) is 11.1 Å². The molecular formula is C9H14O3. The van der Waals surface area contributed by atoms with Gasteiger partial charge in [0, 0.05) is 12.0 Å². The Morgan fingerprint density at radius 1 is 1.67 bits per heavy atom. The Morgan fingerprint density at radius 3 is 2.50 bits per heavy atom. The molecule has 1 heterocycles. The van der Waals surface area contributed by atoms with E-state index in [-0.39, 0.29) is 6.10 Å². The molecule has 1 aliphatic heterocycles. The topological polar surface area (TPSA) is 46.5 Å². The summed E-state index contributed by atoms with van der Waals surface area (Å²) in [4.78, 5) is 10.6. The third-order valence-electron chi connectivity index (χ3n) is 2.27. The number of carbonyl (C=O) groups is 1. The van der Waals surface area contributed by atoms with E-state index in [1.807, 2.05) is 6.92 Å². The number of aliphatic carboxylic acids is 1. The van der Waals surface area contributed by atoms with Gasteiger partial charge >= 0.3 is 5.97 Å². The van der Waals surface area contributed by atoms with Gasteiger partial charge in [0.25, 0.3) is 0 Å². The van der Waals surface area contributed by atoms with E-state index in [1.165, 1.54) is 0 Å². The molecule has 0 bridgehead atoms. The first-order chi connectivity index (χ1) is 5.66. The van der Waals surface area contributed by atoms with Crippen molar-refractivity contribution in [2.75, 3.05) is 6.61 Å². The van der Waals surface area contributed by atoms with Gasteiger partial charge in [-0.1, -0.05) is 6.92 Å². The van der Waals surface area contributed by atoms with Gasteiger partial charge in [0.05, 0.1) is 12.7 Å². The molecule has 0 aromatic rings. The van der Waals surface area contributed by atoms with Gasteiger partial charge in [-0.25, -0.2) is 4.79 Å². The SMILES string of the molecule is CCC(=C(C)C(=O)O)C1CCO1. The molecule has 0 saturated carbocycles. The summed E-state index contributed by atoms with van der Waals surface area (Å²) in [5, 5.41) is 8.74. The number of carboxylic acid groups (broad SMARTS) is 1. The maximum Gasteiger partial charge on any atom is 0.331 e. The van der Waals surface area contributed by atoms with Gasteiger partial charge in [-0.3, -0.25) is 0 Å². The predicted octanol–water partition coefficient (Wildman–Crippen LogP) is 1.59. The first kappa shape index (κ1) is 9.26. The maximum absolute atomic E-state index is 10.6. The summed E-state index contributed by atoms with van der Waals surface area (Å²) in [7, 11) is 0. The standard InChI is InChI=1S/C9H14O3/c1-3-7(6(2)9(10)11)8-4-5-12-8/h8H,3-5H2,1-2H3,(H,10,11). The van der Waals surface area contributed by atoms with Gasteiger partial charge in [0.1, 0.15) is 0 Å². The fourth-order valence-electron chi connectivity index (χ4n) is 1.38. The Morgan fingerprint density at radius 2 is 2.25 bits per heavy atom. The summed E-state index contributed by atoms with van der Waals surface area (Å²) < 4.78 is 5.23. The molecule has 1 fully saturated rings. The number of hydrogen-bond acceptors (Lipinski definition) is 2. The average Bonchev–Trinajstić information content (AvgIpc) is 1.94. The van der Waals surface area contributed by atoms with Crippen molar-refractivity contribution in [2.24, 2.45) is 0 Å². The summed E-state index contributed by atoms with van der Waals surface area (Å²) >= 11 is 0. The zero-order chi connectivity index (χ0) is 9.14. The third-order valence-corrected chi connectivity index (χ3v) is 2.27. The molecular weight excluding hydrogens is 156 g/mol. The van der Waals surface area contributed by atoms with Crippen LogP contribution >= 0.6 is 0 Å². The zero-order valence-electron chi connectivity index (χ0n) is 7.46. The van der Waals surface area contributed by atoms with E-state index in [0.717, 1.165) is 25.0 Å². The van der Waals surface area contributed by atoms with Crippen LogP contribution in [0.4, 0.5) is 0 Å². The first-order valence-electron chi connectivity index (χ1n) is 4.21. The van der Waals surface area contributed by atoms with Gasteiger partial charge in [-0.05, 0) is 18.9 Å². The number of hydrogen-bond donors (Lipinski definition) is 1. The van der Waals surface area contributed by atoms with Crippen molar-refractivity contribution in [3.63, 3.8) is 0 Å². The fraction of sp³-hybridized carbons (Fsp3) is 0.667. The molecule has 3 heteroatoms. The molecule has 3 nitrogen and oxygen atoms in total. The van der Waals surface area contributed by atoms with Crippen LogP contribution in [0, 0.1) is 0 Å². The lowest BCUT2D eigenvalue weighted by molar-refractivity contribution is -0.132. The van der Waals surface area contributed by atoms with Gasteiger partial charge in [-0.2, -0.15) is 0 Å². The van der Waals surface area contributed by atoms with Crippen molar-refractivity contribution >= 4 is 5.97 Å². The molecule has 0 spiro atoms. The Bertz CT molecular complexity index is 214. The van der Waals surface area contributed by atoms with E-state index in [1.54, 1.807) is 6.92 Å². The van der Waals surface area contributed by atoms with E-state index in [4.69, 9.17) is 9.84 Å². The average molecular weight is 170 g/mol. The summed E-state index contributed by atoms with van der Waals surface area (Å²) in [6.07, 6.45) is 1.81. The summed E-state index contributed by atoms with van der Waals surface area (Å²) in [5.41, 5.74) is 1.39. The molecule has 1 rings (SSSR count). The molecule has 0 aromatic carbocycles. The first-order valence-corrected chi connectivity index (χ1v) is 4.21. The Hall–Kier alpha value is -0.830. The van der Waals surface area contributed by atoms with E-state index in [9.17, 15) is 4.79 Å². The van der Waals surface area contributed by atoms with Crippen LogP contribution in [-0.2, 0) is 9.53 Å². The largest absolute Gasteiger partial charge is 0.478 e. The third kappa shape index (κ3) is 1.67. The van der Waals surface area contributed by atoms with Crippen LogP contribution in [0.2, 0.25) is 0 Å². The Balaban J connectivity index is 2.76. The van der Waals surface area contributed by atoms with E-state index < -0.39 is 5.97 Å². The van der Waals surface area contributed by atoms with Gasteiger partial charge in [0.15, 0.2) is 0 Å². The monoisotopic (exact) mass is 170 g/mol. The fourth-order valence-corrected chi connectivity index (χ4v) is 1.38. The molecule has 0 aromatic heterocycles. The molecule has 1 N–H and O–H groups in total. The van der Waals surface area contributed by atoms with Crippen LogP contribution in [-0.4, -0.2) is 23.8 Å². The minimum absolute atomic E-state index is 0.0751. The molecule has 12 heavy (non-hydrogen) atoms. The highest BCUT2D eigenvalue weighted by atomic mass is 16.5. The minimum Gasteiger partial charge on any atom is -0.478 e. The van der Waals surface area contributed by atoms with Crippen molar-refractivity contribution in [3.05, 3.63) is 11.1 Å². The smallest absolute Gasteiger partial charge is 0.331 e. The lowest BCUT2D eigenvalue weighted by atomic mass is 9.96. The van der Waals surface area contributed by atoms with Crippen molar-refractivity contribution in [3.8, 4) is 0 Å². The van der Waals surface area contributed by atoms with Crippen molar-refractivity contribution < 1.29 is 14.6 Å². The predicted molar refractivity (Wildman–Crippen MR) is 45.0 cm³/mol. The second-order valence-electron chi connectivity index (χ2n) is 2.96. The lowest BCUT2D eigenvalue weighted by Crippen LogP contribution is -2.30. The highest BCUT2D eigenvalue weighted by Crippen LogP contribution is 2.25. The molecule has 1 aliphatic rings. The van der Waals surface area contributed by atoms with Crippen molar-refractivity contribution in [2.45, 2.75) is 32.8 Å². The molecule has 1 unspecified atom stereocenters. The Kier molecular flexibility index (Phi) is 2.87. The van der Waals surface area contributed by atoms with Crippen molar-refractivity contribution in [1.29, 1.82) is 0 Å². The summed E-state index contributed by atoms with van der Waals surface area (Å²) in [5.74, 6) is -0.831. The van der Waals surface area contributed by atoms with Crippen LogP contribution in [0.1, 0.15) is 26.7 Å². The summed E-state index contributed by atoms with van der Waals surface area (Å²) in [6, 6.07) is 0. The number of ether oxygens (including phenoxy) is 1. The second kappa shape index (κ2) is 3.72. The van der Waals surface area contributed by atoms with E-state index in [2.05, 4.69) is 0 Å².